The van der Waals surface area contributed by atoms with E-state index in [9.17, 15) is 4.79 Å². The lowest BCUT2D eigenvalue weighted by molar-refractivity contribution is -0.128. The number of amides is 1. The molecule has 0 heterocycles. The third kappa shape index (κ3) is 4.45. The van der Waals surface area contributed by atoms with Crippen LogP contribution < -0.4 is 5.43 Å². The smallest absolute Gasteiger partial charge is 0.245 e. The summed E-state index contributed by atoms with van der Waals surface area (Å²) < 4.78 is 0. The number of nitrogens with one attached hydrogen (secondary N) is 1. The van der Waals surface area contributed by atoms with Crippen molar-refractivity contribution < 1.29 is 4.79 Å². The normalized spacial score (nSPS) is 12.5. The Morgan fingerprint density at radius 1 is 1.31 bits per heavy atom. The number of rotatable bonds is 2. The van der Waals surface area contributed by atoms with E-state index in [0.717, 1.165) is 11.3 Å². The van der Waals surface area contributed by atoms with E-state index < -0.39 is 5.41 Å². The van der Waals surface area contributed by atoms with E-state index in [1.54, 1.807) is 0 Å². The molecule has 0 radical (unpaired) electrons. The number of carbonyl (C=O) groups excluding carboxylic acids is 1. The van der Waals surface area contributed by atoms with Gasteiger partial charge in [0.2, 0.25) is 5.91 Å². The van der Waals surface area contributed by atoms with Crippen LogP contribution in [0.1, 0.15) is 34.6 Å². The monoisotopic (exact) mass is 182 g/mol. The molecule has 0 saturated heterocycles. The molecule has 1 amide bonds. The second-order valence-electron chi connectivity index (χ2n) is 4.17. The number of carbonyl (C=O) groups is 1. The van der Waals surface area contributed by atoms with Gasteiger partial charge in [0.15, 0.2) is 0 Å². The summed E-state index contributed by atoms with van der Waals surface area (Å²) in [7, 11) is 0. The largest absolute Gasteiger partial charge is 0.273 e. The standard InChI is InChI=1S/C10H18N2O/c1-7(2)8(3)11-12-9(13)10(4,5)6/h1H2,2-6H3,(H,12,13)/b11-8+. The molecule has 0 aromatic carbocycles. The maximum Gasteiger partial charge on any atom is 0.245 e. The second kappa shape index (κ2) is 4.21. The molecule has 0 aromatic rings. The topological polar surface area (TPSA) is 41.5 Å². The average Bonchev–Trinajstić information content (AvgIpc) is 1.97. The minimum absolute atomic E-state index is 0.0897. The van der Waals surface area contributed by atoms with Gasteiger partial charge in [0, 0.05) is 5.41 Å². The summed E-state index contributed by atoms with van der Waals surface area (Å²) in [6, 6.07) is 0. The molecule has 0 aliphatic rings. The minimum Gasteiger partial charge on any atom is -0.273 e. The van der Waals surface area contributed by atoms with Crippen LogP contribution in [0.15, 0.2) is 17.3 Å². The van der Waals surface area contributed by atoms with Crippen LogP contribution in [0.4, 0.5) is 0 Å². The Labute approximate surface area is 79.9 Å². The van der Waals surface area contributed by atoms with E-state index >= 15 is 0 Å². The third-order valence-corrected chi connectivity index (χ3v) is 1.62. The first-order valence-corrected chi connectivity index (χ1v) is 4.25. The highest BCUT2D eigenvalue weighted by Gasteiger charge is 2.20. The highest BCUT2D eigenvalue weighted by atomic mass is 16.2. The van der Waals surface area contributed by atoms with Crippen LogP contribution in [-0.2, 0) is 4.79 Å². The summed E-state index contributed by atoms with van der Waals surface area (Å²) in [5.41, 5.74) is 3.69. The van der Waals surface area contributed by atoms with Gasteiger partial charge in [-0.3, -0.25) is 4.79 Å². The first-order valence-electron chi connectivity index (χ1n) is 4.25. The lowest BCUT2D eigenvalue weighted by atomic mass is 9.96. The van der Waals surface area contributed by atoms with Crippen molar-refractivity contribution in [1.29, 1.82) is 0 Å². The Bertz CT molecular complexity index is 246. The molecule has 0 unspecified atom stereocenters. The number of hydrogen-bond donors (Lipinski definition) is 1. The van der Waals surface area contributed by atoms with Gasteiger partial charge in [-0.25, -0.2) is 5.43 Å². The van der Waals surface area contributed by atoms with Crippen LogP contribution in [-0.4, -0.2) is 11.6 Å². The summed E-state index contributed by atoms with van der Waals surface area (Å²) in [5.74, 6) is -0.0897. The third-order valence-electron chi connectivity index (χ3n) is 1.62. The highest BCUT2D eigenvalue weighted by Crippen LogP contribution is 2.12. The van der Waals surface area contributed by atoms with Crippen LogP contribution in [0.3, 0.4) is 0 Å². The molecule has 0 aliphatic heterocycles. The molecule has 0 fully saturated rings. The predicted octanol–water partition coefficient (Wildman–Crippen LogP) is 2.10. The average molecular weight is 182 g/mol. The maximum atomic E-state index is 11.3. The molecule has 3 heteroatoms. The Morgan fingerprint density at radius 2 is 1.77 bits per heavy atom. The van der Waals surface area contributed by atoms with Crippen LogP contribution in [0.5, 0.6) is 0 Å². The SMILES string of the molecule is C=C(C)/C(C)=N/NC(=O)C(C)(C)C. The first-order chi connectivity index (χ1) is 5.75. The summed E-state index contributed by atoms with van der Waals surface area (Å²) in [6.45, 7) is 12.9. The first kappa shape index (κ1) is 11.9. The van der Waals surface area contributed by atoms with Crippen molar-refractivity contribution in [2.45, 2.75) is 34.6 Å². The molecule has 0 aliphatic carbocycles. The van der Waals surface area contributed by atoms with Gasteiger partial charge in [-0.05, 0) is 19.4 Å². The van der Waals surface area contributed by atoms with Crippen molar-refractivity contribution in [3.05, 3.63) is 12.2 Å². The Balaban J connectivity index is 4.26. The van der Waals surface area contributed by atoms with Crippen LogP contribution >= 0.6 is 0 Å². The second-order valence-corrected chi connectivity index (χ2v) is 4.17. The van der Waals surface area contributed by atoms with Gasteiger partial charge >= 0.3 is 0 Å². The molecule has 1 N–H and O–H groups in total. The summed E-state index contributed by atoms with van der Waals surface area (Å²) in [6.07, 6.45) is 0. The molecule has 0 atom stereocenters. The number of hydrogen-bond acceptors (Lipinski definition) is 2. The number of hydrazone groups is 1. The Hall–Kier alpha value is -1.12. The molecule has 0 rings (SSSR count). The van der Waals surface area contributed by atoms with Crippen molar-refractivity contribution >= 4 is 11.6 Å². The molecule has 13 heavy (non-hydrogen) atoms. The van der Waals surface area contributed by atoms with Crippen molar-refractivity contribution in [1.82, 2.24) is 5.43 Å². The Morgan fingerprint density at radius 3 is 2.08 bits per heavy atom. The lowest BCUT2D eigenvalue weighted by Crippen LogP contribution is -2.32. The van der Waals surface area contributed by atoms with E-state index in [-0.39, 0.29) is 5.91 Å². The van der Waals surface area contributed by atoms with E-state index in [0.29, 0.717) is 0 Å². The van der Waals surface area contributed by atoms with Gasteiger partial charge in [0.25, 0.3) is 0 Å². The van der Waals surface area contributed by atoms with Gasteiger partial charge < -0.3 is 0 Å². The van der Waals surface area contributed by atoms with Gasteiger partial charge in [-0.2, -0.15) is 5.10 Å². The summed E-state index contributed by atoms with van der Waals surface area (Å²) >= 11 is 0. The molecular weight excluding hydrogens is 164 g/mol. The molecule has 0 spiro atoms. The van der Waals surface area contributed by atoms with E-state index in [1.165, 1.54) is 0 Å². The molecular formula is C10H18N2O. The van der Waals surface area contributed by atoms with Crippen LogP contribution in [0.25, 0.3) is 0 Å². The quantitative estimate of drug-likeness (QED) is 0.515. The van der Waals surface area contributed by atoms with Crippen LogP contribution in [0, 0.1) is 5.41 Å². The fourth-order valence-electron chi connectivity index (χ4n) is 0.398. The minimum atomic E-state index is -0.404. The fraction of sp³-hybridized carbons (Fsp3) is 0.600. The maximum absolute atomic E-state index is 11.3. The lowest BCUT2D eigenvalue weighted by Gasteiger charge is -2.15. The zero-order valence-electron chi connectivity index (χ0n) is 9.06. The molecule has 0 saturated carbocycles. The van der Waals surface area contributed by atoms with Gasteiger partial charge in [-0.15, -0.1) is 0 Å². The summed E-state index contributed by atoms with van der Waals surface area (Å²) in [4.78, 5) is 11.3. The number of allylic oxidation sites excluding steroid dienone is 1. The molecule has 0 bridgehead atoms. The van der Waals surface area contributed by atoms with Crippen molar-refractivity contribution in [2.24, 2.45) is 10.5 Å². The Kier molecular flexibility index (Phi) is 3.85. The highest BCUT2D eigenvalue weighted by molar-refractivity contribution is 5.97. The van der Waals surface area contributed by atoms with Gasteiger partial charge in [-0.1, -0.05) is 27.4 Å². The molecule has 3 nitrogen and oxygen atoms in total. The van der Waals surface area contributed by atoms with Crippen molar-refractivity contribution in [3.63, 3.8) is 0 Å². The van der Waals surface area contributed by atoms with E-state index in [2.05, 4.69) is 17.1 Å². The van der Waals surface area contributed by atoms with E-state index in [4.69, 9.17) is 0 Å². The molecule has 0 aromatic heterocycles. The van der Waals surface area contributed by atoms with Crippen molar-refractivity contribution in [2.75, 3.05) is 0 Å². The molecule has 74 valence electrons. The van der Waals surface area contributed by atoms with Crippen molar-refractivity contribution in [3.8, 4) is 0 Å². The van der Waals surface area contributed by atoms with Crippen LogP contribution in [0.2, 0.25) is 0 Å². The van der Waals surface area contributed by atoms with Gasteiger partial charge in [0.1, 0.15) is 0 Å². The zero-order chi connectivity index (χ0) is 10.6. The fourth-order valence-corrected chi connectivity index (χ4v) is 0.398. The van der Waals surface area contributed by atoms with Gasteiger partial charge in [0.05, 0.1) is 5.71 Å². The zero-order valence-corrected chi connectivity index (χ0v) is 9.06. The van der Waals surface area contributed by atoms with E-state index in [1.807, 2.05) is 34.6 Å². The summed E-state index contributed by atoms with van der Waals surface area (Å²) in [5, 5.41) is 3.91. The predicted molar refractivity (Wildman–Crippen MR) is 55.5 cm³/mol. The number of nitrogens with zero attached hydrogens (tertiary/aromatic N) is 1.